The van der Waals surface area contributed by atoms with E-state index in [2.05, 4.69) is 22.8 Å². The highest BCUT2D eigenvalue weighted by molar-refractivity contribution is 6.01. The number of carbonyl (C=O) groups excluding carboxylic acids is 2. The smallest absolute Gasteiger partial charge is 0.251 e. The maximum absolute atomic E-state index is 12.2. The third kappa shape index (κ3) is 6.74. The zero-order valence-corrected chi connectivity index (χ0v) is 16.5. The van der Waals surface area contributed by atoms with Crippen molar-refractivity contribution in [3.63, 3.8) is 0 Å². The van der Waals surface area contributed by atoms with Crippen molar-refractivity contribution >= 4 is 17.5 Å². The lowest BCUT2D eigenvalue weighted by molar-refractivity contribution is -0.112. The molecule has 0 spiro atoms. The number of aryl methyl sites for hydroxylation is 2. The molecule has 2 amide bonds. The molecule has 0 heterocycles. The Morgan fingerprint density at radius 3 is 2.41 bits per heavy atom. The summed E-state index contributed by atoms with van der Waals surface area (Å²) in [5, 5.41) is 5.75. The van der Waals surface area contributed by atoms with Gasteiger partial charge in [0.15, 0.2) is 0 Å². The van der Waals surface area contributed by atoms with Gasteiger partial charge < -0.3 is 10.6 Å². The zero-order chi connectivity index (χ0) is 19.8. The van der Waals surface area contributed by atoms with Crippen LogP contribution in [0.5, 0.6) is 0 Å². The Morgan fingerprint density at radius 1 is 1.07 bits per heavy atom. The molecule has 2 N–H and O–H groups in total. The number of anilines is 1. The van der Waals surface area contributed by atoms with Gasteiger partial charge in [-0.25, -0.2) is 0 Å². The summed E-state index contributed by atoms with van der Waals surface area (Å²) in [6.45, 7) is 7.68. The molecule has 0 atom stereocenters. The molecule has 2 rings (SSSR count). The average molecular weight is 364 g/mol. The topological polar surface area (TPSA) is 58.2 Å². The highest BCUT2D eigenvalue weighted by Gasteiger charge is 2.11. The van der Waals surface area contributed by atoms with Gasteiger partial charge in [-0.05, 0) is 69.9 Å². The first-order valence-electron chi connectivity index (χ1n) is 9.28. The van der Waals surface area contributed by atoms with E-state index in [0.717, 1.165) is 24.0 Å². The third-order valence-electron chi connectivity index (χ3n) is 4.19. The van der Waals surface area contributed by atoms with Crippen molar-refractivity contribution < 1.29 is 9.59 Å². The number of amides is 2. The molecule has 0 bridgehead atoms. The highest BCUT2D eigenvalue weighted by atomic mass is 16.2. The molecule has 0 fully saturated rings. The standard InChI is InChI=1S/C23H28N2O2/c1-16(2)24-23(27)21-13-12-20(15-18(21)4)25-22(26)14-17(3)10-11-19-8-6-5-7-9-19/h5-9,12-16H,10-11H2,1-4H3,(H,24,27)(H,25,26). The molecule has 0 saturated carbocycles. The maximum Gasteiger partial charge on any atom is 0.251 e. The van der Waals surface area contributed by atoms with Crippen LogP contribution >= 0.6 is 0 Å². The Balaban J connectivity index is 1.94. The minimum absolute atomic E-state index is 0.0836. The Hall–Kier alpha value is -2.88. The van der Waals surface area contributed by atoms with E-state index in [-0.39, 0.29) is 17.9 Å². The Morgan fingerprint density at radius 2 is 1.78 bits per heavy atom. The van der Waals surface area contributed by atoms with E-state index >= 15 is 0 Å². The van der Waals surface area contributed by atoms with E-state index in [1.165, 1.54) is 5.56 Å². The summed E-state index contributed by atoms with van der Waals surface area (Å²) in [4.78, 5) is 24.4. The predicted octanol–water partition coefficient (Wildman–Crippen LogP) is 4.65. The first-order chi connectivity index (χ1) is 12.8. The summed E-state index contributed by atoms with van der Waals surface area (Å²) >= 11 is 0. The normalized spacial score (nSPS) is 11.4. The van der Waals surface area contributed by atoms with Gasteiger partial charge >= 0.3 is 0 Å². The lowest BCUT2D eigenvalue weighted by Crippen LogP contribution is -2.30. The van der Waals surface area contributed by atoms with Gasteiger partial charge in [0.05, 0.1) is 0 Å². The Labute approximate surface area is 161 Å². The van der Waals surface area contributed by atoms with E-state index in [1.807, 2.05) is 52.0 Å². The van der Waals surface area contributed by atoms with E-state index in [1.54, 1.807) is 18.2 Å². The molecule has 27 heavy (non-hydrogen) atoms. The summed E-state index contributed by atoms with van der Waals surface area (Å²) in [6, 6.07) is 15.6. The molecule has 0 aliphatic heterocycles. The minimum atomic E-state index is -0.153. The lowest BCUT2D eigenvalue weighted by atomic mass is 10.1. The third-order valence-corrected chi connectivity index (χ3v) is 4.19. The summed E-state index contributed by atoms with van der Waals surface area (Å²) in [7, 11) is 0. The fraction of sp³-hybridized carbons (Fsp3) is 0.304. The monoisotopic (exact) mass is 364 g/mol. The number of nitrogens with one attached hydrogen (secondary N) is 2. The van der Waals surface area contributed by atoms with Crippen LogP contribution in [-0.2, 0) is 11.2 Å². The number of hydrogen-bond donors (Lipinski definition) is 2. The van der Waals surface area contributed by atoms with Crippen LogP contribution in [0.1, 0.15) is 48.7 Å². The molecule has 2 aromatic rings. The van der Waals surface area contributed by atoms with Crippen LogP contribution in [0, 0.1) is 6.92 Å². The molecule has 0 aromatic heterocycles. The maximum atomic E-state index is 12.2. The van der Waals surface area contributed by atoms with Gasteiger partial charge in [0.1, 0.15) is 0 Å². The van der Waals surface area contributed by atoms with Crippen LogP contribution < -0.4 is 10.6 Å². The summed E-state index contributed by atoms with van der Waals surface area (Å²) < 4.78 is 0. The van der Waals surface area contributed by atoms with Gasteiger partial charge in [-0.1, -0.05) is 35.9 Å². The van der Waals surface area contributed by atoms with Crippen LogP contribution in [0.2, 0.25) is 0 Å². The van der Waals surface area contributed by atoms with E-state index in [0.29, 0.717) is 11.3 Å². The molecule has 0 unspecified atom stereocenters. The van der Waals surface area contributed by atoms with Gasteiger partial charge in [-0.3, -0.25) is 9.59 Å². The summed E-state index contributed by atoms with van der Waals surface area (Å²) in [5.74, 6) is -0.253. The van der Waals surface area contributed by atoms with Crippen LogP contribution in [-0.4, -0.2) is 17.9 Å². The molecular weight excluding hydrogens is 336 g/mol. The van der Waals surface area contributed by atoms with Crippen molar-refractivity contribution in [2.45, 2.75) is 46.6 Å². The van der Waals surface area contributed by atoms with Gasteiger partial charge in [0, 0.05) is 23.4 Å². The predicted molar refractivity (Wildman–Crippen MR) is 111 cm³/mol. The molecule has 142 valence electrons. The lowest BCUT2D eigenvalue weighted by Gasteiger charge is -2.12. The molecule has 2 aromatic carbocycles. The largest absolute Gasteiger partial charge is 0.350 e. The summed E-state index contributed by atoms with van der Waals surface area (Å²) in [6.07, 6.45) is 3.39. The second-order valence-corrected chi connectivity index (χ2v) is 7.12. The SMILES string of the molecule is CC(=CC(=O)Nc1ccc(C(=O)NC(C)C)c(C)c1)CCc1ccccc1. The number of hydrogen-bond acceptors (Lipinski definition) is 2. The van der Waals surface area contributed by atoms with Crippen LogP contribution in [0.15, 0.2) is 60.2 Å². The van der Waals surface area contributed by atoms with Gasteiger partial charge in [0.25, 0.3) is 5.91 Å². The van der Waals surface area contributed by atoms with Crippen LogP contribution in [0.3, 0.4) is 0 Å². The molecule has 0 aliphatic rings. The first-order valence-corrected chi connectivity index (χ1v) is 9.28. The van der Waals surface area contributed by atoms with Crippen molar-refractivity contribution in [1.82, 2.24) is 5.32 Å². The number of carbonyl (C=O) groups is 2. The van der Waals surface area contributed by atoms with Crippen LogP contribution in [0.4, 0.5) is 5.69 Å². The molecule has 4 nitrogen and oxygen atoms in total. The molecular formula is C23H28N2O2. The quantitative estimate of drug-likeness (QED) is 0.703. The van der Waals surface area contributed by atoms with Gasteiger partial charge in [-0.15, -0.1) is 0 Å². The van der Waals surface area contributed by atoms with E-state index in [9.17, 15) is 9.59 Å². The molecule has 4 heteroatoms. The van der Waals surface area contributed by atoms with Crippen LogP contribution in [0.25, 0.3) is 0 Å². The Bertz CT molecular complexity index is 824. The zero-order valence-electron chi connectivity index (χ0n) is 16.5. The van der Waals surface area contributed by atoms with Crippen molar-refractivity contribution in [2.24, 2.45) is 0 Å². The first kappa shape index (κ1) is 20.4. The van der Waals surface area contributed by atoms with Gasteiger partial charge in [-0.2, -0.15) is 0 Å². The fourth-order valence-electron chi connectivity index (χ4n) is 2.80. The number of allylic oxidation sites excluding steroid dienone is 1. The van der Waals surface area contributed by atoms with Crippen molar-refractivity contribution in [2.75, 3.05) is 5.32 Å². The molecule has 0 saturated heterocycles. The number of benzene rings is 2. The van der Waals surface area contributed by atoms with E-state index in [4.69, 9.17) is 0 Å². The summed E-state index contributed by atoms with van der Waals surface area (Å²) in [5.41, 5.74) is 4.43. The Kier molecular flexibility index (Phi) is 7.35. The molecule has 0 radical (unpaired) electrons. The van der Waals surface area contributed by atoms with Crippen molar-refractivity contribution in [1.29, 1.82) is 0 Å². The fourth-order valence-corrected chi connectivity index (χ4v) is 2.80. The number of rotatable bonds is 7. The second kappa shape index (κ2) is 9.72. The van der Waals surface area contributed by atoms with Crippen molar-refractivity contribution in [3.05, 3.63) is 76.9 Å². The van der Waals surface area contributed by atoms with Crippen molar-refractivity contribution in [3.8, 4) is 0 Å². The average Bonchev–Trinajstić information content (AvgIpc) is 2.60. The van der Waals surface area contributed by atoms with Gasteiger partial charge in [0.2, 0.25) is 5.91 Å². The highest BCUT2D eigenvalue weighted by Crippen LogP contribution is 2.16. The van der Waals surface area contributed by atoms with E-state index < -0.39 is 0 Å². The minimum Gasteiger partial charge on any atom is -0.350 e. The molecule has 0 aliphatic carbocycles. The second-order valence-electron chi connectivity index (χ2n) is 7.12.